The largest absolute Gasteiger partial charge is 0.460 e. The van der Waals surface area contributed by atoms with E-state index in [0.717, 1.165) is 32.1 Å². The van der Waals surface area contributed by atoms with Crippen LogP contribution in [0, 0.1) is 17.8 Å². The van der Waals surface area contributed by atoms with Crippen LogP contribution in [0.4, 0.5) is 0 Å². The first-order chi connectivity index (χ1) is 24.0. The molecule has 0 radical (unpaired) electrons. The van der Waals surface area contributed by atoms with Gasteiger partial charge in [-0.2, -0.15) is 0 Å². The van der Waals surface area contributed by atoms with Crippen molar-refractivity contribution in [3.8, 4) is 0 Å². The maximum absolute atomic E-state index is 13.8. The van der Waals surface area contributed by atoms with Gasteiger partial charge in [-0.3, -0.25) is 24.0 Å². The van der Waals surface area contributed by atoms with Crippen molar-refractivity contribution < 1.29 is 43.7 Å². The molecule has 1 aliphatic heterocycles. The fraction of sp³-hybridized carbons (Fsp3) is 0.838. The Hall–Kier alpha value is -3.26. The highest BCUT2D eigenvalue weighted by Gasteiger charge is 2.37. The number of aliphatic hydroxyl groups is 2. The number of unbranched alkanes of at least 4 members (excludes halogenated alkanes) is 6. The number of rotatable bonds is 16. The van der Waals surface area contributed by atoms with Crippen LogP contribution < -0.4 is 26.6 Å². The predicted molar refractivity (Wildman–Crippen MR) is 194 cm³/mol. The van der Waals surface area contributed by atoms with Crippen molar-refractivity contribution >= 4 is 35.5 Å². The summed E-state index contributed by atoms with van der Waals surface area (Å²) in [5, 5.41) is 33.4. The molecule has 0 aromatic heterocycles. The summed E-state index contributed by atoms with van der Waals surface area (Å²) in [5.41, 5.74) is 0. The van der Waals surface area contributed by atoms with Crippen molar-refractivity contribution in [2.45, 2.75) is 175 Å². The average Bonchev–Trinajstić information content (AvgIpc) is 3.05. The Morgan fingerprint density at radius 2 is 1.14 bits per heavy atom. The molecule has 1 saturated heterocycles. The van der Waals surface area contributed by atoms with Crippen LogP contribution in [-0.2, 0) is 33.5 Å². The van der Waals surface area contributed by atoms with E-state index in [-0.39, 0.29) is 37.0 Å². The van der Waals surface area contributed by atoms with Gasteiger partial charge in [0.2, 0.25) is 29.5 Å². The zero-order valence-electron chi connectivity index (χ0n) is 32.2. The molecule has 1 rings (SSSR count). The first-order valence-corrected chi connectivity index (χ1v) is 19.0. The Morgan fingerprint density at radius 1 is 0.647 bits per heavy atom. The third-order valence-electron chi connectivity index (χ3n) is 9.17. The molecule has 51 heavy (non-hydrogen) atoms. The summed E-state index contributed by atoms with van der Waals surface area (Å²) in [6.45, 7) is 13.7. The third kappa shape index (κ3) is 17.2. The van der Waals surface area contributed by atoms with Crippen molar-refractivity contribution in [2.75, 3.05) is 6.61 Å². The van der Waals surface area contributed by atoms with Gasteiger partial charge in [-0.1, -0.05) is 93.4 Å². The smallest absolute Gasteiger partial charge is 0.329 e. The maximum atomic E-state index is 13.8. The summed E-state index contributed by atoms with van der Waals surface area (Å²) < 4.78 is 5.97. The summed E-state index contributed by atoms with van der Waals surface area (Å²) in [7, 11) is 0. The summed E-state index contributed by atoms with van der Waals surface area (Å²) in [6.07, 6.45) is 5.93. The van der Waals surface area contributed by atoms with Crippen molar-refractivity contribution in [3.63, 3.8) is 0 Å². The molecule has 5 amide bonds. The highest BCUT2D eigenvalue weighted by molar-refractivity contribution is 5.96. The van der Waals surface area contributed by atoms with E-state index >= 15 is 0 Å². The van der Waals surface area contributed by atoms with Crippen LogP contribution >= 0.6 is 0 Å². The predicted octanol–water partition coefficient (Wildman–Crippen LogP) is 2.38. The third-order valence-corrected chi connectivity index (χ3v) is 9.17. The molecule has 0 spiro atoms. The minimum Gasteiger partial charge on any atom is -0.460 e. The molecule has 0 bridgehead atoms. The number of esters is 1. The Kier molecular flexibility index (Phi) is 21.6. The van der Waals surface area contributed by atoms with Crippen LogP contribution in [0.5, 0.6) is 0 Å². The molecule has 1 unspecified atom stereocenters. The van der Waals surface area contributed by atoms with Crippen molar-refractivity contribution in [3.05, 3.63) is 0 Å². The lowest BCUT2D eigenvalue weighted by Crippen LogP contribution is -2.62. The van der Waals surface area contributed by atoms with Gasteiger partial charge >= 0.3 is 5.97 Å². The Balaban J connectivity index is 3.59. The van der Waals surface area contributed by atoms with Gasteiger partial charge in [0.15, 0.2) is 0 Å². The molecule has 294 valence electrons. The van der Waals surface area contributed by atoms with E-state index in [2.05, 4.69) is 33.5 Å². The van der Waals surface area contributed by atoms with E-state index in [1.807, 2.05) is 34.6 Å². The normalized spacial score (nSPS) is 26.1. The average molecular weight is 726 g/mol. The van der Waals surface area contributed by atoms with Crippen LogP contribution in [0.3, 0.4) is 0 Å². The quantitative estimate of drug-likeness (QED) is 0.0918. The van der Waals surface area contributed by atoms with Crippen LogP contribution in [0.25, 0.3) is 0 Å². The molecule has 7 N–H and O–H groups in total. The molecule has 1 aliphatic rings. The second-order valence-electron chi connectivity index (χ2n) is 15.0. The monoisotopic (exact) mass is 725 g/mol. The summed E-state index contributed by atoms with van der Waals surface area (Å²) in [6, 6.07) is -6.39. The first-order valence-electron chi connectivity index (χ1n) is 19.0. The van der Waals surface area contributed by atoms with Gasteiger partial charge in [0.1, 0.15) is 36.3 Å². The Bertz CT molecular complexity index is 1120. The van der Waals surface area contributed by atoms with Gasteiger partial charge in [0.25, 0.3) is 0 Å². The molecule has 8 atom stereocenters. The molecule has 0 aromatic rings. The molecule has 14 heteroatoms. The van der Waals surface area contributed by atoms with E-state index < -0.39 is 84.5 Å². The van der Waals surface area contributed by atoms with E-state index in [0.29, 0.717) is 19.3 Å². The minimum atomic E-state index is -1.55. The maximum Gasteiger partial charge on any atom is 0.329 e. The lowest BCUT2D eigenvalue weighted by atomic mass is 9.97. The number of ether oxygens (including phenoxy) is 1. The van der Waals surface area contributed by atoms with Crippen molar-refractivity contribution in [1.29, 1.82) is 0 Å². The lowest BCUT2D eigenvalue weighted by Gasteiger charge is -2.29. The Labute approximate surface area is 304 Å². The number of amides is 5. The summed E-state index contributed by atoms with van der Waals surface area (Å²) in [4.78, 5) is 81.1. The second-order valence-corrected chi connectivity index (χ2v) is 15.0. The molecule has 14 nitrogen and oxygen atoms in total. The number of hydrogen-bond donors (Lipinski definition) is 7. The number of aliphatic hydroxyl groups excluding tert-OH is 2. The van der Waals surface area contributed by atoms with Crippen molar-refractivity contribution in [2.24, 2.45) is 17.8 Å². The van der Waals surface area contributed by atoms with Gasteiger partial charge < -0.3 is 41.5 Å². The van der Waals surface area contributed by atoms with Gasteiger partial charge in [-0.15, -0.1) is 0 Å². The summed E-state index contributed by atoms with van der Waals surface area (Å²) in [5.74, 6) is -4.93. The van der Waals surface area contributed by atoms with Crippen LogP contribution in [0.15, 0.2) is 0 Å². The van der Waals surface area contributed by atoms with Crippen LogP contribution in [-0.4, -0.2) is 94.7 Å². The topological polar surface area (TPSA) is 212 Å². The van der Waals surface area contributed by atoms with E-state index in [1.54, 1.807) is 6.92 Å². The fourth-order valence-corrected chi connectivity index (χ4v) is 5.95. The van der Waals surface area contributed by atoms with E-state index in [4.69, 9.17) is 4.74 Å². The number of carbonyl (C=O) groups excluding carboxylic acids is 6. The Morgan fingerprint density at radius 3 is 1.67 bits per heavy atom. The molecule has 1 heterocycles. The summed E-state index contributed by atoms with van der Waals surface area (Å²) >= 11 is 0. The van der Waals surface area contributed by atoms with Crippen molar-refractivity contribution in [1.82, 2.24) is 26.6 Å². The molecule has 0 aliphatic carbocycles. The minimum absolute atomic E-state index is 0.0487. The molecular formula is C37H67N5O9. The molecule has 0 aromatic carbocycles. The second kappa shape index (κ2) is 24.1. The zero-order valence-corrected chi connectivity index (χ0v) is 32.2. The first kappa shape index (κ1) is 45.8. The van der Waals surface area contributed by atoms with E-state index in [1.165, 1.54) is 13.3 Å². The van der Waals surface area contributed by atoms with Gasteiger partial charge in [-0.25, -0.2) is 4.79 Å². The van der Waals surface area contributed by atoms with Gasteiger partial charge in [-0.05, 0) is 50.4 Å². The SMILES string of the molecule is CCCCCCCCCC1CC(=O)N[C@H](CC(C)C)C(=O)N[C@@H](CO)C(=O)N[C@@H]([C@@H](C)O)C(=O)N[C@H](CC(C)C)C(=O)N[C@@H]([C@@H](C)CC)C(=O)O1. The van der Waals surface area contributed by atoms with Gasteiger partial charge in [0, 0.05) is 0 Å². The van der Waals surface area contributed by atoms with Crippen LogP contribution in [0.1, 0.15) is 132 Å². The number of cyclic esters (lactones) is 1. The standard InChI is InChI=1S/C37H67N5O9/c1-9-11-12-13-14-15-16-17-26-20-30(45)38-27(18-22(3)4)33(46)40-29(21-43)35(48)42-32(25(8)44)36(49)39-28(19-23(5)6)34(47)41-31(24(7)10-2)37(50)51-26/h22-29,31-32,43-44H,9-21H2,1-8H3,(H,38,45)(H,39,49)(H,40,46)(H,41,47)(H,42,48)/t24-,25+,26?,27+,28+,29-,31-,32-/m0/s1. The number of hydrogen-bond acceptors (Lipinski definition) is 9. The molecular weight excluding hydrogens is 658 g/mol. The lowest BCUT2D eigenvalue weighted by molar-refractivity contribution is -0.156. The zero-order chi connectivity index (χ0) is 38.7. The highest BCUT2D eigenvalue weighted by Crippen LogP contribution is 2.18. The highest BCUT2D eigenvalue weighted by atomic mass is 16.5. The van der Waals surface area contributed by atoms with E-state index in [9.17, 15) is 39.0 Å². The fourth-order valence-electron chi connectivity index (χ4n) is 5.95. The van der Waals surface area contributed by atoms with Gasteiger partial charge in [0.05, 0.1) is 19.1 Å². The number of nitrogens with one attached hydrogen (secondary N) is 5. The number of carbonyl (C=O) groups is 6. The molecule has 1 fully saturated rings. The van der Waals surface area contributed by atoms with Crippen LogP contribution in [0.2, 0.25) is 0 Å². The molecule has 0 saturated carbocycles.